The molecule has 0 bridgehead atoms. The molecule has 0 fully saturated rings. The highest BCUT2D eigenvalue weighted by Gasteiger charge is 2.13. The van der Waals surface area contributed by atoms with Gasteiger partial charge in [0.15, 0.2) is 11.5 Å². The van der Waals surface area contributed by atoms with Crippen molar-refractivity contribution in [3.63, 3.8) is 0 Å². The summed E-state index contributed by atoms with van der Waals surface area (Å²) in [6.07, 6.45) is 0. The van der Waals surface area contributed by atoms with E-state index in [4.69, 9.17) is 5.11 Å². The highest BCUT2D eigenvalue weighted by Crippen LogP contribution is 2.29. The fourth-order valence-corrected chi connectivity index (χ4v) is 2.79. The zero-order valence-corrected chi connectivity index (χ0v) is 14.0. The van der Waals surface area contributed by atoms with Gasteiger partial charge < -0.3 is 15.4 Å². The van der Waals surface area contributed by atoms with Crippen LogP contribution in [0, 0.1) is 5.21 Å². The van der Waals surface area contributed by atoms with Crippen LogP contribution in [0.25, 0.3) is 22.5 Å². The molecule has 0 spiro atoms. The first-order chi connectivity index (χ1) is 12.4. The molecule has 1 aromatic heterocycles. The molecule has 0 saturated heterocycles. The van der Waals surface area contributed by atoms with Crippen LogP contribution >= 0.6 is 11.8 Å². The van der Waals surface area contributed by atoms with Gasteiger partial charge in [-0.25, -0.2) is 10.2 Å². The number of aromatic hydroxyl groups is 1. The summed E-state index contributed by atoms with van der Waals surface area (Å²) in [5.41, 5.74) is 1.94. The lowest BCUT2D eigenvalue weighted by Crippen LogP contribution is -2.99. The third-order valence-corrected chi connectivity index (χ3v) is 4.28. The van der Waals surface area contributed by atoms with E-state index < -0.39 is 11.2 Å². The van der Waals surface area contributed by atoms with Crippen molar-refractivity contribution in [1.82, 2.24) is 15.2 Å². The molecule has 0 radical (unpaired) electrons. The zero-order chi connectivity index (χ0) is 18.7. The molecular formula is C16H14N4O5S. The number of quaternary nitrogens is 1. The van der Waals surface area contributed by atoms with Gasteiger partial charge in [-0.1, -0.05) is 23.9 Å². The van der Waals surface area contributed by atoms with Crippen LogP contribution in [0.4, 0.5) is 5.69 Å². The van der Waals surface area contributed by atoms with Crippen molar-refractivity contribution in [3.05, 3.63) is 47.7 Å². The summed E-state index contributed by atoms with van der Waals surface area (Å²) in [7, 11) is 0. The number of rotatable bonds is 6. The summed E-state index contributed by atoms with van der Waals surface area (Å²) < 4.78 is 0. The normalized spacial score (nSPS) is 12.1. The predicted octanol–water partition coefficient (Wildman–Crippen LogP) is 1.42. The molecule has 9 nitrogen and oxygen atoms in total. The Labute approximate surface area is 151 Å². The van der Waals surface area contributed by atoms with Crippen molar-refractivity contribution in [2.75, 3.05) is 5.75 Å². The summed E-state index contributed by atoms with van der Waals surface area (Å²) in [5, 5.41) is 44.7. The largest absolute Gasteiger partial charge is 0.595 e. The van der Waals surface area contributed by atoms with Gasteiger partial charge in [0.05, 0.1) is 5.75 Å². The van der Waals surface area contributed by atoms with Gasteiger partial charge in [-0.2, -0.15) is 5.23 Å². The number of benzene rings is 2. The summed E-state index contributed by atoms with van der Waals surface area (Å²) in [4.78, 5) is 14.8. The Morgan fingerprint density at radius 3 is 2.50 bits per heavy atom. The lowest BCUT2D eigenvalue weighted by atomic mass is 10.0. The molecule has 0 amide bonds. The number of carboxylic acid groups (broad SMARTS) is 1. The van der Waals surface area contributed by atoms with Crippen LogP contribution in [-0.4, -0.2) is 42.3 Å². The number of aliphatic carboxylic acids is 1. The van der Waals surface area contributed by atoms with E-state index in [1.165, 1.54) is 24.3 Å². The zero-order valence-electron chi connectivity index (χ0n) is 13.2. The third-order valence-electron chi connectivity index (χ3n) is 3.44. The molecule has 1 unspecified atom stereocenters. The molecule has 10 heteroatoms. The van der Waals surface area contributed by atoms with E-state index in [9.17, 15) is 20.3 Å². The van der Waals surface area contributed by atoms with Crippen molar-refractivity contribution in [2.24, 2.45) is 0 Å². The molecule has 3 aromatic rings. The van der Waals surface area contributed by atoms with E-state index >= 15 is 0 Å². The van der Waals surface area contributed by atoms with Gasteiger partial charge in [-0.15, -0.1) is 5.10 Å². The first-order valence-electron chi connectivity index (χ1n) is 7.37. The van der Waals surface area contributed by atoms with Crippen molar-refractivity contribution >= 4 is 23.4 Å². The molecule has 0 aliphatic carbocycles. The number of carboxylic acids is 1. The Kier molecular flexibility index (Phi) is 5.19. The van der Waals surface area contributed by atoms with Crippen molar-refractivity contribution in [1.29, 1.82) is 0 Å². The van der Waals surface area contributed by atoms with E-state index in [0.717, 1.165) is 17.3 Å². The molecule has 2 aromatic carbocycles. The first kappa shape index (κ1) is 17.9. The quantitative estimate of drug-likeness (QED) is 0.321. The fraction of sp³-hybridized carbons (Fsp3) is 0.0625. The highest BCUT2D eigenvalue weighted by atomic mass is 32.2. The lowest BCUT2D eigenvalue weighted by Gasteiger charge is -2.14. The van der Waals surface area contributed by atoms with Crippen LogP contribution in [0.15, 0.2) is 47.6 Å². The van der Waals surface area contributed by atoms with Gasteiger partial charge in [0.25, 0.3) is 0 Å². The molecule has 134 valence electrons. The monoisotopic (exact) mass is 374 g/mol. The SMILES string of the molecule is O=C(O)CSc1n[nH]c(-c2cc(-c3ccc(O)cc3)cc([NH+]([O-])O)c2)n1. The maximum Gasteiger partial charge on any atom is 0.313 e. The molecule has 0 aliphatic rings. The second-order valence-corrected chi connectivity index (χ2v) is 6.24. The average molecular weight is 374 g/mol. The molecule has 0 saturated carbocycles. The van der Waals surface area contributed by atoms with Crippen molar-refractivity contribution in [3.8, 4) is 28.3 Å². The van der Waals surface area contributed by atoms with E-state index in [2.05, 4.69) is 15.2 Å². The minimum Gasteiger partial charge on any atom is -0.595 e. The van der Waals surface area contributed by atoms with Crippen LogP contribution in [0.3, 0.4) is 0 Å². The molecule has 5 N–H and O–H groups in total. The second kappa shape index (κ2) is 7.54. The van der Waals surface area contributed by atoms with Gasteiger partial charge in [0.2, 0.25) is 5.16 Å². The molecule has 0 aliphatic heterocycles. The van der Waals surface area contributed by atoms with Crippen LogP contribution in [0.2, 0.25) is 0 Å². The van der Waals surface area contributed by atoms with E-state index in [0.29, 0.717) is 17.0 Å². The number of thioether (sulfide) groups is 1. The van der Waals surface area contributed by atoms with Crippen LogP contribution in [0.1, 0.15) is 0 Å². The van der Waals surface area contributed by atoms with Gasteiger partial charge in [0, 0.05) is 17.7 Å². The summed E-state index contributed by atoms with van der Waals surface area (Å²) in [6.45, 7) is 0. The molecule has 3 rings (SSSR count). The third kappa shape index (κ3) is 4.18. The number of phenols is 1. The lowest BCUT2D eigenvalue weighted by molar-refractivity contribution is -0.991. The molecular weight excluding hydrogens is 360 g/mol. The summed E-state index contributed by atoms with van der Waals surface area (Å²) in [6, 6.07) is 11.1. The fourth-order valence-electron chi connectivity index (χ4n) is 2.27. The Hall–Kier alpha value is -2.92. The number of H-pyrrole nitrogens is 1. The van der Waals surface area contributed by atoms with Crippen molar-refractivity contribution in [2.45, 2.75) is 5.16 Å². The van der Waals surface area contributed by atoms with Gasteiger partial charge in [-0.05, 0) is 29.3 Å². The number of aromatic amines is 1. The number of nitrogens with zero attached hydrogens (tertiary/aromatic N) is 2. The topological polar surface area (TPSA) is 147 Å². The summed E-state index contributed by atoms with van der Waals surface area (Å²) >= 11 is 0.960. The number of hydrogen-bond acceptors (Lipinski definition) is 7. The van der Waals surface area contributed by atoms with Gasteiger partial charge >= 0.3 is 5.97 Å². The smallest absolute Gasteiger partial charge is 0.313 e. The number of hydrogen-bond donors (Lipinski definition) is 5. The highest BCUT2D eigenvalue weighted by molar-refractivity contribution is 7.99. The Bertz CT molecular complexity index is 927. The van der Waals surface area contributed by atoms with E-state index in [-0.39, 0.29) is 22.3 Å². The maximum atomic E-state index is 11.4. The minimum atomic E-state index is -1.09. The Morgan fingerprint density at radius 1 is 1.15 bits per heavy atom. The van der Waals surface area contributed by atoms with Crippen molar-refractivity contribution < 1.29 is 25.4 Å². The number of carbonyl (C=O) groups is 1. The summed E-state index contributed by atoms with van der Waals surface area (Å²) in [5.74, 6) is -0.714. The molecule has 1 atom stereocenters. The number of nitrogens with one attached hydrogen (secondary N) is 2. The van der Waals surface area contributed by atoms with Gasteiger partial charge in [0.1, 0.15) is 5.75 Å². The van der Waals surface area contributed by atoms with Gasteiger partial charge in [-0.3, -0.25) is 9.89 Å². The minimum absolute atomic E-state index is 0.0710. The van der Waals surface area contributed by atoms with E-state index in [1.807, 2.05) is 0 Å². The number of aromatic nitrogens is 3. The first-order valence-corrected chi connectivity index (χ1v) is 8.36. The second-order valence-electron chi connectivity index (χ2n) is 5.30. The van der Waals surface area contributed by atoms with Crippen LogP contribution in [-0.2, 0) is 4.79 Å². The predicted molar refractivity (Wildman–Crippen MR) is 93.1 cm³/mol. The Morgan fingerprint density at radius 2 is 1.85 bits per heavy atom. The Balaban J connectivity index is 1.98. The maximum absolute atomic E-state index is 11.4. The molecule has 1 heterocycles. The van der Waals surface area contributed by atoms with E-state index in [1.54, 1.807) is 18.2 Å². The van der Waals surface area contributed by atoms with Crippen LogP contribution < -0.4 is 5.23 Å². The number of phenolic OH excluding ortho intramolecular Hbond substituents is 1. The average Bonchev–Trinajstić information content (AvgIpc) is 3.09. The standard InChI is InChI=1S/C16H14N4O5S/c21-13-3-1-9(2-4-13)10-5-11(7-12(6-10)20(24)25)15-17-16(19-18-15)26-8-14(22)23/h1-7,20-21,24H,8H2,(H,22,23)(H,17,18,19). The molecule has 26 heavy (non-hydrogen) atoms. The van der Waals surface area contributed by atoms with Crippen LogP contribution in [0.5, 0.6) is 5.75 Å².